The third kappa shape index (κ3) is 3.17. The first kappa shape index (κ1) is 15.7. The molecule has 0 radical (unpaired) electrons. The summed E-state index contributed by atoms with van der Waals surface area (Å²) in [6.45, 7) is 6.55. The summed E-state index contributed by atoms with van der Waals surface area (Å²) in [6.07, 6.45) is -1.04. The maximum Gasteiger partial charge on any atom is 0.355 e. The first-order valence-electron chi connectivity index (χ1n) is 6.16. The molecule has 0 saturated heterocycles. The van der Waals surface area contributed by atoms with Gasteiger partial charge in [0.2, 0.25) is 0 Å². The van der Waals surface area contributed by atoms with E-state index in [0.29, 0.717) is 16.8 Å². The Morgan fingerprint density at radius 1 is 1.25 bits per heavy atom. The van der Waals surface area contributed by atoms with E-state index >= 15 is 0 Å². The number of nitrogens with one attached hydrogen (secondary N) is 1. The number of hydrogen-bond donors (Lipinski definition) is 2. The molecule has 0 unspecified atom stereocenters. The van der Waals surface area contributed by atoms with E-state index in [1.165, 1.54) is 6.92 Å². The molecule has 0 aliphatic carbocycles. The monoisotopic (exact) mass is 282 g/mol. The molecule has 110 valence electrons. The van der Waals surface area contributed by atoms with E-state index in [4.69, 9.17) is 15.2 Å². The summed E-state index contributed by atoms with van der Waals surface area (Å²) in [7, 11) is 0. The molecule has 0 fully saturated rings. The van der Waals surface area contributed by atoms with Gasteiger partial charge in [0.25, 0.3) is 5.91 Å². The molecule has 1 atom stereocenters. The van der Waals surface area contributed by atoms with E-state index in [9.17, 15) is 14.4 Å². The number of aryl methyl sites for hydroxylation is 1. The van der Waals surface area contributed by atoms with Gasteiger partial charge in [0.1, 0.15) is 5.69 Å². The Bertz CT molecular complexity index is 547. The highest BCUT2D eigenvalue weighted by Crippen LogP contribution is 2.20. The molecule has 1 amide bonds. The summed E-state index contributed by atoms with van der Waals surface area (Å²) in [5.74, 6) is -2.00. The molecule has 0 aliphatic heterocycles. The van der Waals surface area contributed by atoms with Gasteiger partial charge in [-0.1, -0.05) is 0 Å². The molecule has 0 saturated carbocycles. The van der Waals surface area contributed by atoms with Crippen molar-refractivity contribution in [2.45, 2.75) is 33.8 Å². The lowest BCUT2D eigenvalue weighted by Gasteiger charge is -2.09. The summed E-state index contributed by atoms with van der Waals surface area (Å²) < 4.78 is 9.81. The van der Waals surface area contributed by atoms with Crippen molar-refractivity contribution in [1.29, 1.82) is 0 Å². The van der Waals surface area contributed by atoms with Crippen molar-refractivity contribution in [3.8, 4) is 0 Å². The van der Waals surface area contributed by atoms with Crippen molar-refractivity contribution in [2.75, 3.05) is 6.61 Å². The molecule has 20 heavy (non-hydrogen) atoms. The zero-order chi connectivity index (χ0) is 15.4. The predicted octanol–water partition coefficient (Wildman–Crippen LogP) is 0.839. The standard InChI is InChI=1S/C13H18N2O5/c1-5-19-12(17)9-6(2)10(15-7(9)3)13(18)20-8(4)11(14)16/h8,15H,5H2,1-4H3,(H2,14,16)/t8-/m0/s1. The second-order valence-corrected chi connectivity index (χ2v) is 4.30. The summed E-state index contributed by atoms with van der Waals surface area (Å²) in [5, 5.41) is 0. The van der Waals surface area contributed by atoms with Crippen LogP contribution in [0.25, 0.3) is 0 Å². The first-order chi connectivity index (χ1) is 9.29. The third-order valence-corrected chi connectivity index (χ3v) is 2.81. The van der Waals surface area contributed by atoms with Crippen molar-refractivity contribution in [2.24, 2.45) is 5.73 Å². The minimum absolute atomic E-state index is 0.110. The number of esters is 2. The van der Waals surface area contributed by atoms with Gasteiger partial charge < -0.3 is 20.2 Å². The number of nitrogens with two attached hydrogens (primary N) is 1. The Balaban J connectivity index is 3.04. The normalized spacial score (nSPS) is 11.8. The zero-order valence-electron chi connectivity index (χ0n) is 11.9. The van der Waals surface area contributed by atoms with Crippen LogP contribution in [-0.2, 0) is 14.3 Å². The molecule has 7 heteroatoms. The Hall–Kier alpha value is -2.31. The molecule has 1 aromatic rings. The fraction of sp³-hybridized carbons (Fsp3) is 0.462. The molecule has 0 spiro atoms. The van der Waals surface area contributed by atoms with Crippen LogP contribution in [0.4, 0.5) is 0 Å². The Labute approximate surface area is 116 Å². The van der Waals surface area contributed by atoms with E-state index in [2.05, 4.69) is 4.98 Å². The van der Waals surface area contributed by atoms with Crippen molar-refractivity contribution in [1.82, 2.24) is 4.98 Å². The van der Waals surface area contributed by atoms with Crippen LogP contribution < -0.4 is 5.73 Å². The largest absolute Gasteiger partial charge is 0.462 e. The molecule has 1 heterocycles. The van der Waals surface area contributed by atoms with Crippen molar-refractivity contribution in [3.05, 3.63) is 22.5 Å². The molecule has 0 bridgehead atoms. The zero-order valence-corrected chi connectivity index (χ0v) is 11.9. The molecular formula is C13H18N2O5. The van der Waals surface area contributed by atoms with Crippen molar-refractivity contribution in [3.63, 3.8) is 0 Å². The van der Waals surface area contributed by atoms with Gasteiger partial charge in [-0.3, -0.25) is 4.79 Å². The average molecular weight is 282 g/mol. The van der Waals surface area contributed by atoms with E-state index in [1.807, 2.05) is 0 Å². The van der Waals surface area contributed by atoms with E-state index < -0.39 is 23.9 Å². The maximum absolute atomic E-state index is 11.9. The number of aromatic nitrogens is 1. The number of carbonyl (C=O) groups excluding carboxylic acids is 3. The predicted molar refractivity (Wildman–Crippen MR) is 70.3 cm³/mol. The minimum Gasteiger partial charge on any atom is -0.462 e. The fourth-order valence-electron chi connectivity index (χ4n) is 1.74. The highest BCUT2D eigenvalue weighted by Gasteiger charge is 2.25. The number of primary amides is 1. The van der Waals surface area contributed by atoms with Gasteiger partial charge in [-0.15, -0.1) is 0 Å². The Kier molecular flexibility index (Phi) is 4.90. The first-order valence-corrected chi connectivity index (χ1v) is 6.16. The molecule has 7 nitrogen and oxygen atoms in total. The molecule has 0 aromatic carbocycles. The lowest BCUT2D eigenvalue weighted by atomic mass is 10.1. The second kappa shape index (κ2) is 6.23. The molecule has 0 aliphatic rings. The van der Waals surface area contributed by atoms with Crippen LogP contribution in [0.2, 0.25) is 0 Å². The average Bonchev–Trinajstić information content (AvgIpc) is 2.64. The van der Waals surface area contributed by atoms with Crippen LogP contribution in [-0.4, -0.2) is 35.5 Å². The van der Waals surface area contributed by atoms with Crippen LogP contribution in [0.3, 0.4) is 0 Å². The Morgan fingerprint density at radius 2 is 1.85 bits per heavy atom. The SMILES string of the molecule is CCOC(=O)c1c(C)[nH]c(C(=O)O[C@@H](C)C(N)=O)c1C. The lowest BCUT2D eigenvalue weighted by molar-refractivity contribution is -0.125. The van der Waals surface area contributed by atoms with Crippen LogP contribution in [0.5, 0.6) is 0 Å². The van der Waals surface area contributed by atoms with Crippen LogP contribution in [0.1, 0.15) is 46.0 Å². The van der Waals surface area contributed by atoms with Gasteiger partial charge in [-0.25, -0.2) is 9.59 Å². The van der Waals surface area contributed by atoms with Crippen LogP contribution in [0, 0.1) is 13.8 Å². The van der Waals surface area contributed by atoms with Gasteiger partial charge in [0.05, 0.1) is 12.2 Å². The van der Waals surface area contributed by atoms with Gasteiger partial charge in [-0.2, -0.15) is 0 Å². The summed E-state index contributed by atoms with van der Waals surface area (Å²) in [5.41, 5.74) is 6.35. The minimum atomic E-state index is -1.04. The smallest absolute Gasteiger partial charge is 0.355 e. The van der Waals surface area contributed by atoms with Crippen LogP contribution >= 0.6 is 0 Å². The number of H-pyrrole nitrogens is 1. The van der Waals surface area contributed by atoms with Gasteiger partial charge in [0.15, 0.2) is 6.10 Å². The van der Waals surface area contributed by atoms with E-state index in [0.717, 1.165) is 0 Å². The Morgan fingerprint density at radius 3 is 2.35 bits per heavy atom. The highest BCUT2D eigenvalue weighted by molar-refractivity contribution is 5.99. The topological polar surface area (TPSA) is 111 Å². The van der Waals surface area contributed by atoms with Gasteiger partial charge in [0, 0.05) is 5.69 Å². The summed E-state index contributed by atoms with van der Waals surface area (Å²) in [6, 6.07) is 0. The summed E-state index contributed by atoms with van der Waals surface area (Å²) >= 11 is 0. The maximum atomic E-state index is 11.9. The number of amides is 1. The van der Waals surface area contributed by atoms with E-state index in [-0.39, 0.29) is 12.3 Å². The van der Waals surface area contributed by atoms with Crippen molar-refractivity contribution < 1.29 is 23.9 Å². The number of rotatable bonds is 5. The number of ether oxygens (including phenoxy) is 2. The van der Waals surface area contributed by atoms with Gasteiger partial charge >= 0.3 is 11.9 Å². The van der Waals surface area contributed by atoms with E-state index in [1.54, 1.807) is 20.8 Å². The molecule has 3 N–H and O–H groups in total. The molecule has 1 aromatic heterocycles. The third-order valence-electron chi connectivity index (χ3n) is 2.81. The molecule has 1 rings (SSSR count). The quantitative estimate of drug-likeness (QED) is 0.777. The van der Waals surface area contributed by atoms with Gasteiger partial charge in [-0.05, 0) is 33.3 Å². The number of aromatic amines is 1. The molecular weight excluding hydrogens is 264 g/mol. The highest BCUT2D eigenvalue weighted by atomic mass is 16.5. The number of hydrogen-bond acceptors (Lipinski definition) is 5. The fourth-order valence-corrected chi connectivity index (χ4v) is 1.74. The van der Waals surface area contributed by atoms with Crippen LogP contribution in [0.15, 0.2) is 0 Å². The lowest BCUT2D eigenvalue weighted by Crippen LogP contribution is -2.30. The second-order valence-electron chi connectivity index (χ2n) is 4.30. The number of carbonyl (C=O) groups is 3. The summed E-state index contributed by atoms with van der Waals surface area (Å²) in [4.78, 5) is 37.3. The van der Waals surface area contributed by atoms with Crippen molar-refractivity contribution >= 4 is 17.8 Å².